The van der Waals surface area contributed by atoms with Gasteiger partial charge in [0.25, 0.3) is 0 Å². The van der Waals surface area contributed by atoms with Gasteiger partial charge in [-0.2, -0.15) is 0 Å². The maximum atomic E-state index is 12.5. The van der Waals surface area contributed by atoms with Crippen molar-refractivity contribution in [2.45, 2.75) is 74.4 Å². The highest BCUT2D eigenvalue weighted by molar-refractivity contribution is 5.89. The van der Waals surface area contributed by atoms with Crippen LogP contribution in [0.5, 0.6) is 0 Å². The molecule has 3 aliphatic heterocycles. The molecule has 4 rings (SSSR count). The zero-order valence-electron chi connectivity index (χ0n) is 20.4. The maximum absolute atomic E-state index is 12.5. The van der Waals surface area contributed by atoms with E-state index in [1.807, 2.05) is 0 Å². The topological polar surface area (TPSA) is 211 Å². The molecule has 0 aromatic heterocycles. The molecule has 0 amide bonds. The van der Waals surface area contributed by atoms with Gasteiger partial charge in [-0.05, 0) is 6.08 Å². The summed E-state index contributed by atoms with van der Waals surface area (Å²) in [5.74, 6) is -3.41. The van der Waals surface area contributed by atoms with Crippen molar-refractivity contribution in [2.24, 2.45) is 11.8 Å². The third-order valence-corrected chi connectivity index (χ3v) is 7.15. The number of rotatable bonds is 8. The SMILES string of the molecule is C=C[C@H]1[C@H](O[C@@H]2O[C@H](CO)[C@@H](O)[C@H](O)[C@H]2O)OC=C(C(=O)OC)[C@H]1C[C@@H]1O[C@H]2[C@H](O)CC(C(=O)O)=C[C@H]2O1. The van der Waals surface area contributed by atoms with Crippen molar-refractivity contribution < 1.29 is 68.6 Å². The largest absolute Gasteiger partial charge is 0.478 e. The van der Waals surface area contributed by atoms with Gasteiger partial charge in [-0.3, -0.25) is 0 Å². The number of carboxylic acid groups (broad SMARTS) is 1. The van der Waals surface area contributed by atoms with Gasteiger partial charge in [0.2, 0.25) is 6.29 Å². The highest BCUT2D eigenvalue weighted by atomic mass is 16.8. The molecular weight excluding hydrogens is 512 g/mol. The van der Waals surface area contributed by atoms with Gasteiger partial charge in [-0.25, -0.2) is 9.59 Å². The summed E-state index contributed by atoms with van der Waals surface area (Å²) in [5, 5.41) is 59.6. The molecule has 0 bridgehead atoms. The molecule has 3 heterocycles. The van der Waals surface area contributed by atoms with E-state index in [0.717, 1.165) is 6.26 Å². The molecule has 38 heavy (non-hydrogen) atoms. The van der Waals surface area contributed by atoms with Gasteiger partial charge in [0, 0.05) is 30.3 Å². The first-order chi connectivity index (χ1) is 18.1. The summed E-state index contributed by atoms with van der Waals surface area (Å²) < 4.78 is 33.4. The number of hydrogen-bond donors (Lipinski definition) is 6. The molecule has 4 aliphatic rings. The number of hydrogen-bond acceptors (Lipinski definition) is 13. The Balaban J connectivity index is 1.53. The molecule has 0 spiro atoms. The number of aliphatic hydroxyl groups excluding tert-OH is 5. The second kappa shape index (κ2) is 11.8. The second-order valence-electron chi connectivity index (χ2n) is 9.46. The number of methoxy groups -OCH3 is 1. The van der Waals surface area contributed by atoms with Crippen LogP contribution in [-0.2, 0) is 38.0 Å². The Kier molecular flexibility index (Phi) is 8.86. The first kappa shape index (κ1) is 28.6. The zero-order chi connectivity index (χ0) is 27.7. The molecule has 2 fully saturated rings. The van der Waals surface area contributed by atoms with E-state index in [0.29, 0.717) is 0 Å². The van der Waals surface area contributed by atoms with E-state index >= 15 is 0 Å². The van der Waals surface area contributed by atoms with Crippen LogP contribution >= 0.6 is 0 Å². The van der Waals surface area contributed by atoms with Crippen LogP contribution in [0, 0.1) is 11.8 Å². The van der Waals surface area contributed by atoms with Crippen molar-refractivity contribution >= 4 is 11.9 Å². The number of carbonyl (C=O) groups is 2. The quantitative estimate of drug-likeness (QED) is 0.143. The second-order valence-corrected chi connectivity index (χ2v) is 9.46. The maximum Gasteiger partial charge on any atom is 0.337 e. The number of aliphatic hydroxyl groups is 5. The summed E-state index contributed by atoms with van der Waals surface area (Å²) >= 11 is 0. The Labute approximate surface area is 217 Å². The number of ether oxygens (including phenoxy) is 6. The first-order valence-corrected chi connectivity index (χ1v) is 12.0. The summed E-state index contributed by atoms with van der Waals surface area (Å²) in [4.78, 5) is 23.9. The molecule has 212 valence electrons. The molecular formula is C24H32O14. The minimum atomic E-state index is -1.69. The molecule has 0 aromatic rings. The fraction of sp³-hybridized carbons (Fsp3) is 0.667. The Morgan fingerprint density at radius 2 is 1.84 bits per heavy atom. The molecule has 14 heteroatoms. The molecule has 12 atom stereocenters. The molecule has 1 aliphatic carbocycles. The van der Waals surface area contributed by atoms with E-state index in [1.165, 1.54) is 19.3 Å². The normalized spacial score (nSPS) is 42.8. The van der Waals surface area contributed by atoms with Crippen molar-refractivity contribution in [3.05, 3.63) is 36.1 Å². The van der Waals surface area contributed by atoms with Crippen LogP contribution in [0.3, 0.4) is 0 Å². The van der Waals surface area contributed by atoms with Gasteiger partial charge in [0.05, 0.1) is 31.7 Å². The Hall–Kier alpha value is -2.40. The van der Waals surface area contributed by atoms with E-state index in [-0.39, 0.29) is 24.0 Å². The standard InChI is InChI=1S/C24H32O14/c1-3-10-11(6-16-35-14-5-9(21(30)31)4-13(26)20(14)37-16)12(22(32)33-2)8-34-23(10)38-24-19(29)18(28)17(27)15(7-25)36-24/h3,5,8,10-11,13-20,23-29H,1,4,6-7H2,2H3,(H,30,31)/t10-,11+,13-,14-,15-,16+,17-,18+,19-,20+,23+,24+/m1/s1. The van der Waals surface area contributed by atoms with Crippen LogP contribution < -0.4 is 0 Å². The van der Waals surface area contributed by atoms with E-state index in [4.69, 9.17) is 28.4 Å². The monoisotopic (exact) mass is 544 g/mol. The predicted octanol–water partition coefficient (Wildman–Crippen LogP) is -2.09. The molecule has 0 radical (unpaired) electrons. The highest BCUT2D eigenvalue weighted by Gasteiger charge is 2.50. The van der Waals surface area contributed by atoms with Gasteiger partial charge in [0.1, 0.15) is 36.6 Å². The van der Waals surface area contributed by atoms with Crippen LogP contribution in [0.4, 0.5) is 0 Å². The number of carbonyl (C=O) groups excluding carboxylic acids is 1. The van der Waals surface area contributed by atoms with Gasteiger partial charge < -0.3 is 59.1 Å². The van der Waals surface area contributed by atoms with Gasteiger partial charge >= 0.3 is 11.9 Å². The lowest BCUT2D eigenvalue weighted by Crippen LogP contribution is -2.60. The third-order valence-electron chi connectivity index (χ3n) is 7.15. The average Bonchev–Trinajstić information content (AvgIpc) is 3.31. The van der Waals surface area contributed by atoms with E-state index in [2.05, 4.69) is 6.58 Å². The first-order valence-electron chi connectivity index (χ1n) is 12.0. The third kappa shape index (κ3) is 5.50. The van der Waals surface area contributed by atoms with Crippen molar-refractivity contribution in [2.75, 3.05) is 13.7 Å². The molecule has 0 unspecified atom stereocenters. The van der Waals surface area contributed by atoms with Crippen molar-refractivity contribution in [1.82, 2.24) is 0 Å². The lowest BCUT2D eigenvalue weighted by Gasteiger charge is -2.43. The zero-order valence-corrected chi connectivity index (χ0v) is 20.4. The van der Waals surface area contributed by atoms with Crippen molar-refractivity contribution in [3.8, 4) is 0 Å². The van der Waals surface area contributed by atoms with Crippen LogP contribution in [-0.4, -0.2) is 118 Å². The lowest BCUT2D eigenvalue weighted by atomic mass is 9.81. The fourth-order valence-corrected chi connectivity index (χ4v) is 5.09. The number of esters is 1. The molecule has 0 aromatic carbocycles. The average molecular weight is 545 g/mol. The summed E-state index contributed by atoms with van der Waals surface area (Å²) in [6, 6.07) is 0. The van der Waals surface area contributed by atoms with E-state index < -0.39 is 92.0 Å². The van der Waals surface area contributed by atoms with Crippen LogP contribution in [0.15, 0.2) is 36.1 Å². The fourth-order valence-electron chi connectivity index (χ4n) is 5.09. The summed E-state index contributed by atoms with van der Waals surface area (Å²) in [5.41, 5.74) is 0.0941. The van der Waals surface area contributed by atoms with Crippen LogP contribution in [0.1, 0.15) is 12.8 Å². The van der Waals surface area contributed by atoms with E-state index in [9.17, 15) is 40.2 Å². The molecule has 2 saturated heterocycles. The number of carboxylic acids is 1. The smallest absolute Gasteiger partial charge is 0.337 e. The van der Waals surface area contributed by atoms with Crippen LogP contribution in [0.2, 0.25) is 0 Å². The van der Waals surface area contributed by atoms with Crippen molar-refractivity contribution in [1.29, 1.82) is 0 Å². The van der Waals surface area contributed by atoms with E-state index in [1.54, 1.807) is 0 Å². The summed E-state index contributed by atoms with van der Waals surface area (Å²) in [7, 11) is 1.19. The molecule has 14 nitrogen and oxygen atoms in total. The van der Waals surface area contributed by atoms with Gasteiger partial charge in [-0.15, -0.1) is 6.58 Å². The Morgan fingerprint density at radius 1 is 1.11 bits per heavy atom. The van der Waals surface area contributed by atoms with Gasteiger partial charge in [0.15, 0.2) is 12.6 Å². The Morgan fingerprint density at radius 3 is 2.47 bits per heavy atom. The highest BCUT2D eigenvalue weighted by Crippen LogP contribution is 2.41. The predicted molar refractivity (Wildman–Crippen MR) is 121 cm³/mol. The minimum absolute atomic E-state index is 0.00109. The summed E-state index contributed by atoms with van der Waals surface area (Å²) in [6.07, 6.45) is -8.71. The lowest BCUT2D eigenvalue weighted by molar-refractivity contribution is -0.339. The summed E-state index contributed by atoms with van der Waals surface area (Å²) in [6.45, 7) is 3.14. The molecule has 0 saturated carbocycles. The molecule has 6 N–H and O–H groups in total. The van der Waals surface area contributed by atoms with Crippen molar-refractivity contribution in [3.63, 3.8) is 0 Å². The van der Waals surface area contributed by atoms with Crippen LogP contribution in [0.25, 0.3) is 0 Å². The number of fused-ring (bicyclic) bond motifs is 1. The van der Waals surface area contributed by atoms with Gasteiger partial charge in [-0.1, -0.05) is 6.08 Å². The Bertz CT molecular complexity index is 962. The minimum Gasteiger partial charge on any atom is -0.478 e. The number of aliphatic carboxylic acids is 1.